The summed E-state index contributed by atoms with van der Waals surface area (Å²) in [5.41, 5.74) is 1.41. The van der Waals surface area contributed by atoms with Crippen LogP contribution in [-0.2, 0) is 11.2 Å². The first kappa shape index (κ1) is 23.5. The van der Waals surface area contributed by atoms with Crippen molar-refractivity contribution in [3.8, 4) is 17.6 Å². The van der Waals surface area contributed by atoms with E-state index in [1.54, 1.807) is 37.4 Å². The lowest BCUT2D eigenvalue weighted by Crippen LogP contribution is -2.50. The van der Waals surface area contributed by atoms with Crippen LogP contribution in [-0.4, -0.2) is 57.1 Å². The zero-order chi connectivity index (χ0) is 25.3. The second-order valence-electron chi connectivity index (χ2n) is 8.95. The fourth-order valence-electron chi connectivity index (χ4n) is 4.04. The van der Waals surface area contributed by atoms with Gasteiger partial charge in [0.2, 0.25) is 5.95 Å². The van der Waals surface area contributed by atoms with Gasteiger partial charge < -0.3 is 20.1 Å². The van der Waals surface area contributed by atoms with Crippen LogP contribution < -0.4 is 15.0 Å². The van der Waals surface area contributed by atoms with Crippen molar-refractivity contribution in [2.24, 2.45) is 0 Å². The highest BCUT2D eigenvalue weighted by atomic mass is 19.1. The van der Waals surface area contributed by atoms with Crippen LogP contribution in [0.4, 0.5) is 14.9 Å². The number of pyridine rings is 1. The lowest BCUT2D eigenvalue weighted by molar-refractivity contribution is -0.120. The molecule has 1 atom stereocenters. The zero-order valence-corrected chi connectivity index (χ0v) is 19.6. The topological polar surface area (TPSA) is 110 Å². The number of rotatable bonds is 3. The summed E-state index contributed by atoms with van der Waals surface area (Å²) in [4.78, 5) is 31.1. The molecule has 2 aromatic heterocycles. The fraction of sp³-hybridized carbons (Fsp3) is 0.308. The minimum atomic E-state index is -0.947. The van der Waals surface area contributed by atoms with Gasteiger partial charge in [0.25, 0.3) is 5.91 Å². The summed E-state index contributed by atoms with van der Waals surface area (Å²) in [5.74, 6) is 5.43. The van der Waals surface area contributed by atoms with E-state index in [4.69, 9.17) is 4.74 Å². The number of carbonyl (C=O) groups excluding carboxylic acids is 2. The molecule has 1 aliphatic heterocycles. The number of hydrogen-bond acceptors (Lipinski definition) is 6. The molecule has 10 heteroatoms. The predicted octanol–water partition coefficient (Wildman–Crippen LogP) is 2.26. The molecular formula is C26H24FN5O4. The monoisotopic (exact) mass is 489 g/mol. The van der Waals surface area contributed by atoms with E-state index in [1.165, 1.54) is 23.4 Å². The number of carbonyl (C=O) groups is 2. The number of likely N-dealkylation sites (N-methyl/N-ethyl adjacent to an activating group) is 1. The van der Waals surface area contributed by atoms with Gasteiger partial charge in [-0.3, -0.25) is 4.79 Å². The molecule has 3 aromatic rings. The number of nitrogens with zero attached hydrogens (tertiary/aromatic N) is 4. The summed E-state index contributed by atoms with van der Waals surface area (Å²) < 4.78 is 20.2. The molecule has 0 bridgehead atoms. The molecule has 9 nitrogen and oxygen atoms in total. The van der Waals surface area contributed by atoms with Gasteiger partial charge in [-0.25, -0.2) is 9.78 Å². The minimum absolute atomic E-state index is 0.0615. The number of ether oxygens (including phenoxy) is 1. The fourth-order valence-corrected chi connectivity index (χ4v) is 4.04. The maximum Gasteiger partial charge on any atom is 0.342 e. The van der Waals surface area contributed by atoms with E-state index in [0.717, 1.165) is 11.1 Å². The van der Waals surface area contributed by atoms with Gasteiger partial charge in [-0.2, -0.15) is 14.2 Å². The SMILES string of the molecule is CN1C(=O)[C@@H](NC(=O)n2cc(Cc3cccc(F)n3)cn2)COc2ccc(C#CC3(O)CCC3)cc21. The van der Waals surface area contributed by atoms with E-state index >= 15 is 0 Å². The van der Waals surface area contributed by atoms with Gasteiger partial charge in [0.15, 0.2) is 0 Å². The van der Waals surface area contributed by atoms with Crippen molar-refractivity contribution >= 4 is 17.6 Å². The van der Waals surface area contributed by atoms with E-state index in [0.29, 0.717) is 47.5 Å². The van der Waals surface area contributed by atoms with Gasteiger partial charge in [-0.05, 0) is 55.2 Å². The Morgan fingerprint density at radius 3 is 2.92 bits per heavy atom. The average Bonchev–Trinajstić information content (AvgIpc) is 3.28. The molecule has 1 fully saturated rings. The Kier molecular flexibility index (Phi) is 6.16. The molecule has 3 heterocycles. The highest BCUT2D eigenvalue weighted by Crippen LogP contribution is 2.33. The van der Waals surface area contributed by atoms with Crippen molar-refractivity contribution < 1.29 is 23.8 Å². The van der Waals surface area contributed by atoms with Gasteiger partial charge in [0.1, 0.15) is 24.0 Å². The molecule has 0 spiro atoms. The second kappa shape index (κ2) is 9.43. The normalized spacial score (nSPS) is 18.1. The number of amides is 2. The lowest BCUT2D eigenvalue weighted by atomic mass is 9.81. The van der Waals surface area contributed by atoms with E-state index in [9.17, 15) is 19.1 Å². The Labute approximate surface area is 206 Å². The van der Waals surface area contributed by atoms with Crippen molar-refractivity contribution in [2.75, 3.05) is 18.6 Å². The Bertz CT molecular complexity index is 1390. The lowest BCUT2D eigenvalue weighted by Gasteiger charge is -2.30. The third-order valence-electron chi connectivity index (χ3n) is 6.27. The molecule has 0 unspecified atom stereocenters. The van der Waals surface area contributed by atoms with Crippen LogP contribution in [0.2, 0.25) is 0 Å². The van der Waals surface area contributed by atoms with E-state index in [2.05, 4.69) is 27.2 Å². The molecule has 2 N–H and O–H groups in total. The highest BCUT2D eigenvalue weighted by molar-refractivity contribution is 6.00. The second-order valence-corrected chi connectivity index (χ2v) is 8.95. The van der Waals surface area contributed by atoms with Crippen molar-refractivity contribution in [3.63, 3.8) is 0 Å². The standard InChI is InChI=1S/C26H24FN5O4/c1-31-21-13-17(8-11-26(35)9-3-10-26)6-7-22(21)36-16-20(24(31)33)30-25(34)32-15-18(14-28-32)12-19-4-2-5-23(27)29-19/h2,4-7,13-15,20,35H,3,9-10,12,16H2,1H3,(H,30,34)/t20-/m0/s1. The molecule has 36 heavy (non-hydrogen) atoms. The van der Waals surface area contributed by atoms with Crippen molar-refractivity contribution in [1.29, 1.82) is 0 Å². The Hall–Kier alpha value is -4.23. The molecule has 1 saturated carbocycles. The van der Waals surface area contributed by atoms with Crippen LogP contribution in [0, 0.1) is 17.8 Å². The summed E-state index contributed by atoms with van der Waals surface area (Å²) in [6, 6.07) is 8.17. The number of nitrogens with one attached hydrogen (secondary N) is 1. The van der Waals surface area contributed by atoms with Crippen molar-refractivity contribution in [1.82, 2.24) is 20.1 Å². The van der Waals surface area contributed by atoms with Gasteiger partial charge in [-0.1, -0.05) is 17.9 Å². The minimum Gasteiger partial charge on any atom is -0.489 e. The van der Waals surface area contributed by atoms with Crippen LogP contribution in [0.5, 0.6) is 5.75 Å². The van der Waals surface area contributed by atoms with Gasteiger partial charge in [0.05, 0.1) is 11.9 Å². The van der Waals surface area contributed by atoms with Gasteiger partial charge in [-0.15, -0.1) is 0 Å². The first-order chi connectivity index (χ1) is 17.3. The van der Waals surface area contributed by atoms with Gasteiger partial charge >= 0.3 is 6.03 Å². The largest absolute Gasteiger partial charge is 0.489 e. The van der Waals surface area contributed by atoms with E-state index < -0.39 is 23.6 Å². The summed E-state index contributed by atoms with van der Waals surface area (Å²) in [7, 11) is 1.60. The quantitative estimate of drug-likeness (QED) is 0.432. The number of fused-ring (bicyclic) bond motifs is 1. The molecular weight excluding hydrogens is 465 g/mol. The zero-order valence-electron chi connectivity index (χ0n) is 19.6. The first-order valence-electron chi connectivity index (χ1n) is 11.6. The maximum atomic E-state index is 13.3. The molecule has 2 amide bonds. The third kappa shape index (κ3) is 4.92. The van der Waals surface area contributed by atoms with Crippen LogP contribution in [0.25, 0.3) is 0 Å². The Morgan fingerprint density at radius 2 is 2.17 bits per heavy atom. The van der Waals surface area contributed by atoms with E-state index in [1.807, 2.05) is 0 Å². The molecule has 5 rings (SSSR count). The van der Waals surface area contributed by atoms with Crippen molar-refractivity contribution in [2.45, 2.75) is 37.3 Å². The predicted molar refractivity (Wildman–Crippen MR) is 128 cm³/mol. The summed E-state index contributed by atoms with van der Waals surface area (Å²) in [5, 5.41) is 16.9. The maximum absolute atomic E-state index is 13.3. The van der Waals surface area contributed by atoms with E-state index in [-0.39, 0.29) is 12.5 Å². The number of benzene rings is 1. The number of aromatic nitrogens is 3. The summed E-state index contributed by atoms with van der Waals surface area (Å²) in [6.45, 7) is -0.0615. The first-order valence-corrected chi connectivity index (χ1v) is 11.6. The number of hydrogen-bond donors (Lipinski definition) is 2. The van der Waals surface area contributed by atoms with Crippen LogP contribution in [0.15, 0.2) is 48.8 Å². The summed E-state index contributed by atoms with van der Waals surface area (Å²) >= 11 is 0. The van der Waals surface area contributed by atoms with Crippen LogP contribution >= 0.6 is 0 Å². The van der Waals surface area contributed by atoms with Crippen LogP contribution in [0.3, 0.4) is 0 Å². The Balaban J connectivity index is 1.26. The average molecular weight is 490 g/mol. The molecule has 0 radical (unpaired) electrons. The number of anilines is 1. The van der Waals surface area contributed by atoms with Crippen molar-refractivity contribution in [3.05, 3.63) is 71.6 Å². The summed E-state index contributed by atoms with van der Waals surface area (Å²) in [6.07, 6.45) is 5.57. The molecule has 0 saturated heterocycles. The molecule has 1 aliphatic carbocycles. The molecule has 184 valence electrons. The third-order valence-corrected chi connectivity index (χ3v) is 6.27. The van der Waals surface area contributed by atoms with Crippen LogP contribution in [0.1, 0.15) is 36.1 Å². The smallest absolute Gasteiger partial charge is 0.342 e. The number of halogens is 1. The highest BCUT2D eigenvalue weighted by Gasteiger charge is 2.33. The molecule has 2 aliphatic rings. The molecule has 1 aromatic carbocycles. The van der Waals surface area contributed by atoms with Gasteiger partial charge in [0, 0.05) is 30.9 Å². The Morgan fingerprint density at radius 1 is 1.33 bits per heavy atom. The number of aliphatic hydroxyl groups is 1.